The highest BCUT2D eigenvalue weighted by Gasteiger charge is 2.21. The number of benzene rings is 2. The summed E-state index contributed by atoms with van der Waals surface area (Å²) in [6, 6.07) is 11.8. The van der Waals surface area contributed by atoms with Gasteiger partial charge in [-0.2, -0.15) is 0 Å². The minimum atomic E-state index is -1.01. The molecule has 156 valence electrons. The Morgan fingerprint density at radius 1 is 1.07 bits per heavy atom. The third kappa shape index (κ3) is 5.98. The number of methoxy groups -OCH3 is 1. The van der Waals surface area contributed by atoms with E-state index in [4.69, 9.17) is 9.47 Å². The van der Waals surface area contributed by atoms with E-state index in [1.807, 2.05) is 19.1 Å². The molecule has 0 aliphatic heterocycles. The fraction of sp³-hybridized carbons (Fsp3) is 0.391. The van der Waals surface area contributed by atoms with Crippen LogP contribution in [-0.2, 0) is 10.2 Å². The van der Waals surface area contributed by atoms with Crippen LogP contribution in [0.15, 0.2) is 42.5 Å². The summed E-state index contributed by atoms with van der Waals surface area (Å²) in [5, 5.41) is 12.1. The minimum Gasteiger partial charge on any atom is -0.493 e. The number of nitrogens with one attached hydrogen (secondary N) is 1. The van der Waals surface area contributed by atoms with Crippen LogP contribution in [0, 0.1) is 0 Å². The Bertz CT molecular complexity index is 853. The van der Waals surface area contributed by atoms with Crippen molar-refractivity contribution in [2.75, 3.05) is 13.7 Å². The molecule has 0 aliphatic carbocycles. The van der Waals surface area contributed by atoms with Crippen molar-refractivity contribution in [1.82, 2.24) is 5.32 Å². The Morgan fingerprint density at radius 2 is 1.72 bits per heavy atom. The molecule has 2 aromatic rings. The lowest BCUT2D eigenvalue weighted by molar-refractivity contribution is -0.137. The van der Waals surface area contributed by atoms with E-state index in [-0.39, 0.29) is 17.7 Å². The van der Waals surface area contributed by atoms with Crippen LogP contribution in [0.25, 0.3) is 0 Å². The second-order valence-corrected chi connectivity index (χ2v) is 7.79. The first-order valence-corrected chi connectivity index (χ1v) is 9.59. The molecule has 2 N–H and O–H groups in total. The maximum atomic E-state index is 12.7. The quantitative estimate of drug-likeness (QED) is 0.690. The predicted octanol–water partition coefficient (Wildman–Crippen LogP) is 4.34. The lowest BCUT2D eigenvalue weighted by Gasteiger charge is -2.21. The second kappa shape index (κ2) is 9.45. The van der Waals surface area contributed by atoms with Gasteiger partial charge in [-0.1, -0.05) is 39.0 Å². The Kier molecular flexibility index (Phi) is 7.26. The minimum absolute atomic E-state index is 0.0142. The van der Waals surface area contributed by atoms with Crippen molar-refractivity contribution in [3.05, 3.63) is 59.2 Å². The lowest BCUT2D eigenvalue weighted by Crippen LogP contribution is -2.30. The zero-order chi connectivity index (χ0) is 21.6. The van der Waals surface area contributed by atoms with Crippen molar-refractivity contribution in [1.29, 1.82) is 0 Å². The van der Waals surface area contributed by atoms with Gasteiger partial charge in [0.15, 0.2) is 11.5 Å². The first-order valence-electron chi connectivity index (χ1n) is 9.59. The summed E-state index contributed by atoms with van der Waals surface area (Å²) in [7, 11) is 1.52. The number of aliphatic carboxylic acids is 1. The molecular formula is C23H29NO5. The zero-order valence-corrected chi connectivity index (χ0v) is 17.6. The molecule has 0 bridgehead atoms. The summed E-state index contributed by atoms with van der Waals surface area (Å²) in [6.07, 6.45) is -0.247. The Labute approximate surface area is 171 Å². The number of ether oxygens (including phenoxy) is 2. The highest BCUT2D eigenvalue weighted by atomic mass is 16.5. The van der Waals surface area contributed by atoms with E-state index in [1.54, 1.807) is 30.3 Å². The molecule has 29 heavy (non-hydrogen) atoms. The van der Waals surface area contributed by atoms with E-state index in [0.717, 1.165) is 5.56 Å². The third-order valence-electron chi connectivity index (χ3n) is 4.59. The summed E-state index contributed by atoms with van der Waals surface area (Å²) in [6.45, 7) is 8.65. The molecule has 0 aromatic heterocycles. The number of carboxylic acid groups (broad SMARTS) is 1. The molecule has 6 heteroatoms. The van der Waals surface area contributed by atoms with Gasteiger partial charge >= 0.3 is 5.97 Å². The zero-order valence-electron chi connectivity index (χ0n) is 17.6. The molecule has 1 unspecified atom stereocenters. The first-order chi connectivity index (χ1) is 13.7. The molecule has 0 saturated heterocycles. The molecule has 0 heterocycles. The SMILES string of the molecule is CCOc1ccc(C(CC(=O)O)NC(=O)c2ccc(C(C)(C)C)cc2)cc1OC. The summed E-state index contributed by atoms with van der Waals surface area (Å²) >= 11 is 0. The number of carbonyl (C=O) groups is 2. The third-order valence-corrected chi connectivity index (χ3v) is 4.59. The largest absolute Gasteiger partial charge is 0.493 e. The molecule has 6 nitrogen and oxygen atoms in total. The fourth-order valence-corrected chi connectivity index (χ4v) is 2.97. The van der Waals surface area contributed by atoms with Crippen LogP contribution in [0.4, 0.5) is 0 Å². The van der Waals surface area contributed by atoms with Gasteiger partial charge in [0.2, 0.25) is 0 Å². The number of rotatable bonds is 8. The Morgan fingerprint density at radius 3 is 2.24 bits per heavy atom. The van der Waals surface area contributed by atoms with Crippen LogP contribution in [0.5, 0.6) is 11.5 Å². The van der Waals surface area contributed by atoms with Crippen LogP contribution in [0.2, 0.25) is 0 Å². The number of hydrogen-bond acceptors (Lipinski definition) is 4. The normalized spacial score (nSPS) is 12.2. The second-order valence-electron chi connectivity index (χ2n) is 7.79. The van der Waals surface area contributed by atoms with Gasteiger partial charge in [-0.3, -0.25) is 9.59 Å². The predicted molar refractivity (Wildman–Crippen MR) is 112 cm³/mol. The molecule has 1 atom stereocenters. The molecule has 0 radical (unpaired) electrons. The van der Waals surface area contributed by atoms with Gasteiger partial charge in [0.05, 0.1) is 26.2 Å². The molecule has 0 saturated carbocycles. The van der Waals surface area contributed by atoms with E-state index in [1.165, 1.54) is 7.11 Å². The van der Waals surface area contributed by atoms with Gasteiger partial charge in [0, 0.05) is 5.56 Å². The summed E-state index contributed by atoms with van der Waals surface area (Å²) in [5.41, 5.74) is 2.21. The van der Waals surface area contributed by atoms with Gasteiger partial charge in [-0.25, -0.2) is 0 Å². The smallest absolute Gasteiger partial charge is 0.305 e. The summed E-state index contributed by atoms with van der Waals surface area (Å²) in [5.74, 6) is -0.281. The van der Waals surface area contributed by atoms with Crippen molar-refractivity contribution in [3.8, 4) is 11.5 Å². The number of carboxylic acids is 1. The van der Waals surface area contributed by atoms with Gasteiger partial charge in [-0.05, 0) is 47.7 Å². The Balaban J connectivity index is 2.26. The van der Waals surface area contributed by atoms with Crippen LogP contribution < -0.4 is 14.8 Å². The highest BCUT2D eigenvalue weighted by Crippen LogP contribution is 2.31. The van der Waals surface area contributed by atoms with Crippen LogP contribution in [-0.4, -0.2) is 30.7 Å². The number of hydrogen-bond donors (Lipinski definition) is 2. The first kappa shape index (κ1) is 22.3. The highest BCUT2D eigenvalue weighted by molar-refractivity contribution is 5.94. The van der Waals surface area contributed by atoms with Crippen molar-refractivity contribution < 1.29 is 24.2 Å². The van der Waals surface area contributed by atoms with Crippen molar-refractivity contribution >= 4 is 11.9 Å². The van der Waals surface area contributed by atoms with Crippen molar-refractivity contribution in [2.24, 2.45) is 0 Å². The Hall–Kier alpha value is -3.02. The summed E-state index contributed by atoms with van der Waals surface area (Å²) < 4.78 is 10.8. The van der Waals surface area contributed by atoms with Gasteiger partial charge in [0.25, 0.3) is 5.91 Å². The maximum absolute atomic E-state index is 12.7. The van der Waals surface area contributed by atoms with Crippen molar-refractivity contribution in [2.45, 2.75) is 45.6 Å². The van der Waals surface area contributed by atoms with Crippen molar-refractivity contribution in [3.63, 3.8) is 0 Å². The average Bonchev–Trinajstić information content (AvgIpc) is 2.67. The van der Waals surface area contributed by atoms with E-state index in [0.29, 0.717) is 29.2 Å². The molecule has 0 aliphatic rings. The molecule has 2 rings (SSSR count). The average molecular weight is 399 g/mol. The molecular weight excluding hydrogens is 370 g/mol. The molecule has 1 amide bonds. The van der Waals surface area contributed by atoms with Crippen LogP contribution in [0.3, 0.4) is 0 Å². The topological polar surface area (TPSA) is 84.9 Å². The summed E-state index contributed by atoms with van der Waals surface area (Å²) in [4.78, 5) is 24.1. The van der Waals surface area contributed by atoms with Gasteiger partial charge < -0.3 is 19.9 Å². The fourth-order valence-electron chi connectivity index (χ4n) is 2.97. The standard InChI is InChI=1S/C23H29NO5/c1-6-29-19-12-9-16(13-20(19)28-5)18(14-21(25)26)24-22(27)15-7-10-17(11-8-15)23(2,3)4/h7-13,18H,6,14H2,1-5H3,(H,24,27)(H,25,26). The number of amides is 1. The van der Waals surface area contributed by atoms with E-state index >= 15 is 0 Å². The molecule has 0 spiro atoms. The van der Waals surface area contributed by atoms with Gasteiger partial charge in [-0.15, -0.1) is 0 Å². The van der Waals surface area contributed by atoms with Crippen LogP contribution in [0.1, 0.15) is 61.6 Å². The lowest BCUT2D eigenvalue weighted by atomic mass is 9.86. The van der Waals surface area contributed by atoms with E-state index in [2.05, 4.69) is 26.1 Å². The van der Waals surface area contributed by atoms with E-state index < -0.39 is 12.0 Å². The number of carbonyl (C=O) groups excluding carboxylic acids is 1. The molecule has 0 fully saturated rings. The monoisotopic (exact) mass is 399 g/mol. The molecule has 2 aromatic carbocycles. The van der Waals surface area contributed by atoms with Gasteiger partial charge in [0.1, 0.15) is 0 Å². The maximum Gasteiger partial charge on any atom is 0.305 e. The van der Waals surface area contributed by atoms with E-state index in [9.17, 15) is 14.7 Å². The van der Waals surface area contributed by atoms with Crippen LogP contribution >= 0.6 is 0 Å².